The van der Waals surface area contributed by atoms with Crippen LogP contribution >= 0.6 is 0 Å². The third-order valence-electron chi connectivity index (χ3n) is 3.05. The van der Waals surface area contributed by atoms with E-state index in [9.17, 15) is 8.42 Å². The summed E-state index contributed by atoms with van der Waals surface area (Å²) in [5.41, 5.74) is 9.26. The van der Waals surface area contributed by atoms with E-state index in [0.717, 1.165) is 24.4 Å². The number of nitrogens with zero attached hydrogens (tertiary/aromatic N) is 3. The molecule has 0 aliphatic carbocycles. The van der Waals surface area contributed by atoms with E-state index < -0.39 is 19.5 Å². The zero-order valence-electron chi connectivity index (χ0n) is 12.1. The van der Waals surface area contributed by atoms with Crippen LogP contribution in [0.15, 0.2) is 33.7 Å². The van der Waals surface area contributed by atoms with Crippen molar-refractivity contribution in [3.05, 3.63) is 40.3 Å². The van der Waals surface area contributed by atoms with Crippen LogP contribution in [0.4, 0.5) is 0 Å². The molecule has 0 bridgehead atoms. The van der Waals surface area contributed by atoms with E-state index in [2.05, 4.69) is 9.43 Å². The second-order valence-electron chi connectivity index (χ2n) is 4.44. The highest BCUT2D eigenvalue weighted by Crippen LogP contribution is 2.15. The van der Waals surface area contributed by atoms with Gasteiger partial charge in [-0.3, -0.25) is 0 Å². The van der Waals surface area contributed by atoms with Crippen LogP contribution < -0.4 is 0 Å². The SMILES string of the molecule is COC(OC)[SiH2]CCCc1ccc(S(=O)(=O)N=[N+]=[N-])cc1. The van der Waals surface area contributed by atoms with Gasteiger partial charge in [-0.25, -0.2) is 8.42 Å². The number of hydrogen-bond donors (Lipinski definition) is 0. The fourth-order valence-electron chi connectivity index (χ4n) is 1.90. The molecule has 0 saturated carbocycles. The van der Waals surface area contributed by atoms with Gasteiger partial charge in [-0.15, -0.1) is 0 Å². The molecule has 1 aromatic rings. The normalized spacial score (nSPS) is 12.0. The van der Waals surface area contributed by atoms with E-state index in [4.69, 9.17) is 15.0 Å². The first-order chi connectivity index (χ1) is 10.0. The first-order valence-corrected chi connectivity index (χ1v) is 9.75. The molecule has 1 rings (SSSR count). The summed E-state index contributed by atoms with van der Waals surface area (Å²) in [4.78, 5) is 2.33. The first-order valence-electron chi connectivity index (χ1n) is 6.49. The average molecular weight is 329 g/mol. The molecule has 1 aromatic carbocycles. The molecule has 7 nitrogen and oxygen atoms in total. The van der Waals surface area contributed by atoms with E-state index >= 15 is 0 Å². The Morgan fingerprint density at radius 1 is 1.29 bits per heavy atom. The Morgan fingerprint density at radius 3 is 2.43 bits per heavy atom. The van der Waals surface area contributed by atoms with Gasteiger partial charge in [0.1, 0.15) is 5.91 Å². The lowest BCUT2D eigenvalue weighted by molar-refractivity contribution is -0.0441. The van der Waals surface area contributed by atoms with Gasteiger partial charge in [0, 0.05) is 23.7 Å². The molecule has 0 spiro atoms. The van der Waals surface area contributed by atoms with Crippen molar-refractivity contribution >= 4 is 19.5 Å². The van der Waals surface area contributed by atoms with Crippen molar-refractivity contribution in [3.63, 3.8) is 0 Å². The van der Waals surface area contributed by atoms with Gasteiger partial charge in [0.05, 0.1) is 14.4 Å². The lowest BCUT2D eigenvalue weighted by Crippen LogP contribution is -2.21. The largest absolute Gasteiger partial charge is 0.360 e. The molecule has 0 amide bonds. The van der Waals surface area contributed by atoms with Crippen molar-refractivity contribution in [1.82, 2.24) is 0 Å². The molecule has 0 heterocycles. The van der Waals surface area contributed by atoms with Gasteiger partial charge in [0.15, 0.2) is 0 Å². The van der Waals surface area contributed by atoms with Crippen molar-refractivity contribution < 1.29 is 17.9 Å². The summed E-state index contributed by atoms with van der Waals surface area (Å²) in [7, 11) is -1.03. The fourth-order valence-corrected chi connectivity index (χ4v) is 3.91. The van der Waals surface area contributed by atoms with E-state index in [1.54, 1.807) is 26.4 Å². The van der Waals surface area contributed by atoms with Gasteiger partial charge in [0.2, 0.25) is 0 Å². The molecular weight excluding hydrogens is 310 g/mol. The van der Waals surface area contributed by atoms with Crippen molar-refractivity contribution in [2.24, 2.45) is 4.52 Å². The van der Waals surface area contributed by atoms with Crippen LogP contribution in [0.3, 0.4) is 0 Å². The number of ether oxygens (including phenoxy) is 2. The molecule has 0 atom stereocenters. The summed E-state index contributed by atoms with van der Waals surface area (Å²) < 4.78 is 36.1. The fraction of sp³-hybridized carbons (Fsp3) is 0.500. The van der Waals surface area contributed by atoms with E-state index in [1.807, 2.05) is 0 Å². The Morgan fingerprint density at radius 2 is 1.90 bits per heavy atom. The van der Waals surface area contributed by atoms with Crippen molar-refractivity contribution in [2.75, 3.05) is 14.2 Å². The molecule has 0 aromatic heterocycles. The van der Waals surface area contributed by atoms with Crippen LogP contribution in [-0.4, -0.2) is 38.1 Å². The highest BCUT2D eigenvalue weighted by Gasteiger charge is 2.11. The van der Waals surface area contributed by atoms with Crippen LogP contribution in [0.25, 0.3) is 10.4 Å². The molecule has 0 fully saturated rings. The zero-order valence-corrected chi connectivity index (χ0v) is 14.3. The summed E-state index contributed by atoms with van der Waals surface area (Å²) in [6.07, 6.45) is 1.88. The number of aryl methyl sites for hydroxylation is 1. The molecule has 21 heavy (non-hydrogen) atoms. The van der Waals surface area contributed by atoms with E-state index in [1.165, 1.54) is 12.1 Å². The molecule has 0 unspecified atom stereocenters. The minimum atomic E-state index is -3.89. The highest BCUT2D eigenvalue weighted by atomic mass is 32.2. The van der Waals surface area contributed by atoms with Gasteiger partial charge in [-0.2, -0.15) is 0 Å². The third kappa shape index (κ3) is 5.86. The Kier molecular flexibility index (Phi) is 7.41. The molecule has 0 radical (unpaired) electrons. The standard InChI is InChI=1S/C12H19N3O4SSi/c1-18-12(19-2)21-9-3-4-10-5-7-11(8-6-10)20(16,17)15-14-13/h5-8,12H,3-4,9,21H2,1-2H3. The highest BCUT2D eigenvalue weighted by molar-refractivity contribution is 7.90. The number of azide groups is 1. The second kappa shape index (κ2) is 8.80. The van der Waals surface area contributed by atoms with Gasteiger partial charge < -0.3 is 9.47 Å². The Labute approximate surface area is 126 Å². The number of methoxy groups -OCH3 is 2. The minimum absolute atomic E-state index is 0.0113. The van der Waals surface area contributed by atoms with Gasteiger partial charge >= 0.3 is 0 Å². The maximum atomic E-state index is 11.5. The number of hydrogen-bond acceptors (Lipinski definition) is 4. The maximum absolute atomic E-state index is 11.5. The van der Waals surface area contributed by atoms with Crippen LogP contribution in [0.2, 0.25) is 6.04 Å². The third-order valence-corrected chi connectivity index (χ3v) is 6.25. The number of rotatable bonds is 9. The smallest absolute Gasteiger partial charge is 0.264 e. The van der Waals surface area contributed by atoms with E-state index in [0.29, 0.717) is 0 Å². The molecular formula is C12H19N3O4SSi. The predicted octanol–water partition coefficient (Wildman–Crippen LogP) is 1.78. The summed E-state index contributed by atoms with van der Waals surface area (Å²) in [6, 6.07) is 7.50. The summed E-state index contributed by atoms with van der Waals surface area (Å²) in [6.45, 7) is 0. The molecule has 0 saturated heterocycles. The number of sulfonamides is 1. The Balaban J connectivity index is 2.50. The van der Waals surface area contributed by atoms with Gasteiger partial charge in [-0.05, 0) is 29.6 Å². The molecule has 0 aliphatic rings. The summed E-state index contributed by atoms with van der Waals surface area (Å²) >= 11 is 0. The number of benzene rings is 1. The van der Waals surface area contributed by atoms with Crippen molar-refractivity contribution in [3.8, 4) is 0 Å². The average Bonchev–Trinajstić information content (AvgIpc) is 2.48. The van der Waals surface area contributed by atoms with Gasteiger partial charge in [-0.1, -0.05) is 24.6 Å². The predicted molar refractivity (Wildman–Crippen MR) is 82.3 cm³/mol. The minimum Gasteiger partial charge on any atom is -0.360 e. The topological polar surface area (TPSA) is 101 Å². The van der Waals surface area contributed by atoms with Crippen LogP contribution in [0.5, 0.6) is 0 Å². The van der Waals surface area contributed by atoms with Gasteiger partial charge in [0.25, 0.3) is 10.0 Å². The Bertz CT molecular complexity index is 581. The second-order valence-corrected chi connectivity index (χ2v) is 7.97. The Hall–Kier alpha value is -1.38. The molecule has 9 heteroatoms. The van der Waals surface area contributed by atoms with Crippen molar-refractivity contribution in [2.45, 2.75) is 29.7 Å². The van der Waals surface area contributed by atoms with Crippen LogP contribution in [0.1, 0.15) is 12.0 Å². The first kappa shape index (κ1) is 17.7. The van der Waals surface area contributed by atoms with Crippen LogP contribution in [0, 0.1) is 0 Å². The monoisotopic (exact) mass is 329 g/mol. The quantitative estimate of drug-likeness (QED) is 0.172. The zero-order chi connectivity index (χ0) is 15.7. The van der Waals surface area contributed by atoms with Crippen molar-refractivity contribution in [1.29, 1.82) is 0 Å². The maximum Gasteiger partial charge on any atom is 0.264 e. The molecule has 0 N–H and O–H groups in total. The molecule has 0 aliphatic heterocycles. The molecule has 116 valence electrons. The lowest BCUT2D eigenvalue weighted by atomic mass is 10.1. The van der Waals surface area contributed by atoms with Crippen LogP contribution in [-0.2, 0) is 25.9 Å². The van der Waals surface area contributed by atoms with E-state index in [-0.39, 0.29) is 10.8 Å². The summed E-state index contributed by atoms with van der Waals surface area (Å²) in [5.74, 6) is -0.0404. The summed E-state index contributed by atoms with van der Waals surface area (Å²) in [5, 5.41) is 0. The lowest BCUT2D eigenvalue weighted by Gasteiger charge is -2.12.